The second-order valence-corrected chi connectivity index (χ2v) is 7.31. The summed E-state index contributed by atoms with van der Waals surface area (Å²) in [6.07, 6.45) is 9.82. The number of aromatic nitrogens is 3. The van der Waals surface area contributed by atoms with Gasteiger partial charge in [0.1, 0.15) is 12.1 Å². The van der Waals surface area contributed by atoms with Gasteiger partial charge in [-0.2, -0.15) is 0 Å². The third-order valence-electron chi connectivity index (χ3n) is 5.35. The number of nitrogens with two attached hydrogens (primary N) is 1. The van der Waals surface area contributed by atoms with Crippen molar-refractivity contribution in [2.24, 2.45) is 5.73 Å². The van der Waals surface area contributed by atoms with E-state index >= 15 is 0 Å². The zero-order valence-electron chi connectivity index (χ0n) is 14.5. The Balaban J connectivity index is 1.28. The highest BCUT2D eigenvalue weighted by molar-refractivity contribution is 5.37. The van der Waals surface area contributed by atoms with Crippen molar-refractivity contribution in [3.63, 3.8) is 0 Å². The van der Waals surface area contributed by atoms with Gasteiger partial charge in [-0.1, -0.05) is 6.07 Å². The molecule has 2 fully saturated rings. The zero-order valence-corrected chi connectivity index (χ0v) is 14.5. The molecule has 4 rings (SSSR count). The summed E-state index contributed by atoms with van der Waals surface area (Å²) < 4.78 is 0. The quantitative estimate of drug-likeness (QED) is 0.869. The fraction of sp³-hybridized carbons (Fsp3) is 0.526. The molecule has 1 saturated carbocycles. The summed E-state index contributed by atoms with van der Waals surface area (Å²) in [5, 5.41) is 3.60. The lowest BCUT2D eigenvalue weighted by molar-refractivity contribution is 0.211. The van der Waals surface area contributed by atoms with E-state index in [4.69, 9.17) is 5.73 Å². The molecule has 3 N–H and O–H groups in total. The standard InChI is InChI=1S/C19H26N6/c20-16-8-15(9-16)18-10-19(23-13-22-18)24-17-3-6-25(7-4-17)12-14-2-1-5-21-11-14/h1-2,5,10-11,13,15-17H,3-4,6-9,12,20H2,(H,22,23,24). The first-order chi connectivity index (χ1) is 12.3. The normalized spacial score (nSPS) is 24.7. The van der Waals surface area contributed by atoms with Gasteiger partial charge in [0.25, 0.3) is 0 Å². The Bertz CT molecular complexity index is 677. The highest BCUT2D eigenvalue weighted by Crippen LogP contribution is 2.35. The van der Waals surface area contributed by atoms with Crippen molar-refractivity contribution in [3.8, 4) is 0 Å². The first kappa shape index (κ1) is 16.4. The van der Waals surface area contributed by atoms with Crippen LogP contribution >= 0.6 is 0 Å². The van der Waals surface area contributed by atoms with Crippen LogP contribution in [0.25, 0.3) is 0 Å². The number of piperidine rings is 1. The second kappa shape index (κ2) is 7.45. The lowest BCUT2D eigenvalue weighted by atomic mass is 9.78. The third-order valence-corrected chi connectivity index (χ3v) is 5.35. The van der Waals surface area contributed by atoms with Gasteiger partial charge < -0.3 is 11.1 Å². The molecule has 6 nitrogen and oxygen atoms in total. The lowest BCUT2D eigenvalue weighted by Gasteiger charge is -2.33. The summed E-state index contributed by atoms with van der Waals surface area (Å²) in [6.45, 7) is 3.18. The number of anilines is 1. The summed E-state index contributed by atoms with van der Waals surface area (Å²) >= 11 is 0. The van der Waals surface area contributed by atoms with Gasteiger partial charge in [-0.3, -0.25) is 9.88 Å². The Kier molecular flexibility index (Phi) is 4.90. The number of hydrogen-bond acceptors (Lipinski definition) is 6. The van der Waals surface area contributed by atoms with Gasteiger partial charge in [0.2, 0.25) is 0 Å². The molecule has 0 unspecified atom stereocenters. The number of pyridine rings is 1. The molecule has 132 valence electrons. The maximum Gasteiger partial charge on any atom is 0.129 e. The fourth-order valence-corrected chi connectivity index (χ4v) is 3.77. The van der Waals surface area contributed by atoms with Crippen LogP contribution in [0.1, 0.15) is 42.9 Å². The minimum Gasteiger partial charge on any atom is -0.367 e. The number of nitrogens with one attached hydrogen (secondary N) is 1. The SMILES string of the molecule is NC1CC(c2cc(NC3CCN(Cc4cccnc4)CC3)ncn2)C1. The van der Waals surface area contributed by atoms with E-state index in [9.17, 15) is 0 Å². The Morgan fingerprint density at radius 1 is 1.20 bits per heavy atom. The molecule has 0 aromatic carbocycles. The van der Waals surface area contributed by atoms with E-state index in [1.165, 1.54) is 5.56 Å². The van der Waals surface area contributed by atoms with Crippen LogP contribution in [-0.4, -0.2) is 45.0 Å². The Hall–Kier alpha value is -2.05. The van der Waals surface area contributed by atoms with Crippen LogP contribution in [0.3, 0.4) is 0 Å². The molecule has 0 atom stereocenters. The van der Waals surface area contributed by atoms with E-state index in [2.05, 4.69) is 37.3 Å². The summed E-state index contributed by atoms with van der Waals surface area (Å²) in [5.41, 5.74) is 8.31. The van der Waals surface area contributed by atoms with Crippen molar-refractivity contribution in [1.29, 1.82) is 0 Å². The predicted molar refractivity (Wildman–Crippen MR) is 98.1 cm³/mol. The average Bonchev–Trinajstić information content (AvgIpc) is 2.62. The molecule has 0 amide bonds. The molecule has 2 aromatic rings. The number of nitrogens with zero attached hydrogens (tertiary/aromatic N) is 4. The summed E-state index contributed by atoms with van der Waals surface area (Å²) in [7, 11) is 0. The van der Waals surface area contributed by atoms with E-state index in [1.54, 1.807) is 6.33 Å². The molecule has 2 aliphatic rings. The van der Waals surface area contributed by atoms with Crippen LogP contribution in [0.4, 0.5) is 5.82 Å². The van der Waals surface area contributed by atoms with Gasteiger partial charge in [-0.15, -0.1) is 0 Å². The summed E-state index contributed by atoms with van der Waals surface area (Å²) in [4.78, 5) is 15.5. The monoisotopic (exact) mass is 338 g/mol. The molecular weight excluding hydrogens is 312 g/mol. The molecule has 25 heavy (non-hydrogen) atoms. The molecule has 1 aliphatic heterocycles. The molecule has 0 radical (unpaired) electrons. The first-order valence-electron chi connectivity index (χ1n) is 9.21. The minimum atomic E-state index is 0.348. The molecule has 1 aliphatic carbocycles. The topological polar surface area (TPSA) is 80.0 Å². The van der Waals surface area contributed by atoms with Gasteiger partial charge in [0.15, 0.2) is 0 Å². The van der Waals surface area contributed by atoms with Crippen molar-refractivity contribution in [2.75, 3.05) is 18.4 Å². The first-order valence-corrected chi connectivity index (χ1v) is 9.21. The van der Waals surface area contributed by atoms with Crippen LogP contribution in [0.15, 0.2) is 36.9 Å². The van der Waals surface area contributed by atoms with Crippen LogP contribution in [0.5, 0.6) is 0 Å². The van der Waals surface area contributed by atoms with Crippen molar-refractivity contribution in [1.82, 2.24) is 19.9 Å². The predicted octanol–water partition coefficient (Wildman–Crippen LogP) is 2.15. The zero-order chi connectivity index (χ0) is 17.1. The number of likely N-dealkylation sites (tertiary alicyclic amines) is 1. The van der Waals surface area contributed by atoms with Gasteiger partial charge in [-0.25, -0.2) is 9.97 Å². The van der Waals surface area contributed by atoms with Crippen molar-refractivity contribution >= 4 is 5.82 Å². The van der Waals surface area contributed by atoms with Gasteiger partial charge in [0.05, 0.1) is 0 Å². The molecule has 0 bridgehead atoms. The Labute approximate surface area is 148 Å². The van der Waals surface area contributed by atoms with E-state index in [-0.39, 0.29) is 0 Å². The Morgan fingerprint density at radius 2 is 2.04 bits per heavy atom. The fourth-order valence-electron chi connectivity index (χ4n) is 3.77. The molecule has 0 spiro atoms. The van der Waals surface area contributed by atoms with Crippen molar-refractivity contribution < 1.29 is 0 Å². The third kappa shape index (κ3) is 4.14. The van der Waals surface area contributed by atoms with Crippen LogP contribution in [-0.2, 0) is 6.54 Å². The van der Waals surface area contributed by atoms with Crippen LogP contribution < -0.4 is 11.1 Å². The second-order valence-electron chi connectivity index (χ2n) is 7.31. The summed E-state index contributed by atoms with van der Waals surface area (Å²) in [5.74, 6) is 1.47. The van der Waals surface area contributed by atoms with E-state index in [0.717, 1.165) is 56.8 Å². The number of rotatable bonds is 5. The molecule has 1 saturated heterocycles. The highest BCUT2D eigenvalue weighted by atomic mass is 15.1. The highest BCUT2D eigenvalue weighted by Gasteiger charge is 2.28. The van der Waals surface area contributed by atoms with E-state index in [1.807, 2.05) is 18.5 Å². The molecule has 6 heteroatoms. The minimum absolute atomic E-state index is 0.348. The van der Waals surface area contributed by atoms with E-state index < -0.39 is 0 Å². The molecular formula is C19H26N6. The molecule has 2 aromatic heterocycles. The average molecular weight is 338 g/mol. The largest absolute Gasteiger partial charge is 0.367 e. The van der Waals surface area contributed by atoms with Gasteiger partial charge in [-0.05, 0) is 37.3 Å². The van der Waals surface area contributed by atoms with Crippen LogP contribution in [0.2, 0.25) is 0 Å². The van der Waals surface area contributed by atoms with Crippen molar-refractivity contribution in [2.45, 2.75) is 50.2 Å². The van der Waals surface area contributed by atoms with Gasteiger partial charge >= 0.3 is 0 Å². The maximum absolute atomic E-state index is 5.89. The van der Waals surface area contributed by atoms with Crippen molar-refractivity contribution in [3.05, 3.63) is 48.2 Å². The molecule has 3 heterocycles. The number of hydrogen-bond donors (Lipinski definition) is 2. The Morgan fingerprint density at radius 3 is 2.76 bits per heavy atom. The van der Waals surface area contributed by atoms with Gasteiger partial charge in [0, 0.05) is 61.8 Å². The lowest BCUT2D eigenvalue weighted by Crippen LogP contribution is -2.39. The smallest absolute Gasteiger partial charge is 0.129 e. The van der Waals surface area contributed by atoms with Crippen LogP contribution in [0, 0.1) is 0 Å². The maximum atomic E-state index is 5.89. The van der Waals surface area contributed by atoms with E-state index in [0.29, 0.717) is 18.0 Å². The summed E-state index contributed by atoms with van der Waals surface area (Å²) in [6, 6.07) is 7.09.